The van der Waals surface area contributed by atoms with Gasteiger partial charge in [-0.25, -0.2) is 4.98 Å². The standard InChI is InChI=1S/C26H17N3O4S/c27-15-21(26-28-24(17-34-26)19-8-10-22(11-9-19)29(31)32)14-18-6-12-23(13-7-18)33-16-25(30)20-4-2-1-3-5-20/h1-14,17H,16H2/b21-14+. The number of carbonyl (C=O) groups is 1. The molecular weight excluding hydrogens is 450 g/mol. The van der Waals surface area contributed by atoms with Gasteiger partial charge < -0.3 is 4.74 Å². The largest absolute Gasteiger partial charge is 0.485 e. The summed E-state index contributed by atoms with van der Waals surface area (Å²) in [5.41, 5.74) is 3.15. The highest BCUT2D eigenvalue weighted by Gasteiger charge is 2.11. The maximum atomic E-state index is 12.2. The molecule has 166 valence electrons. The Morgan fingerprint density at radius 3 is 2.41 bits per heavy atom. The predicted molar refractivity (Wildman–Crippen MR) is 130 cm³/mol. The van der Waals surface area contributed by atoms with Crippen LogP contribution < -0.4 is 4.74 Å². The third-order valence-electron chi connectivity index (χ3n) is 4.89. The van der Waals surface area contributed by atoms with Crippen LogP contribution in [-0.4, -0.2) is 22.3 Å². The molecule has 0 N–H and O–H groups in total. The van der Waals surface area contributed by atoms with E-state index in [0.717, 1.165) is 11.1 Å². The van der Waals surface area contributed by atoms with Crippen molar-refractivity contribution in [2.75, 3.05) is 6.61 Å². The van der Waals surface area contributed by atoms with Crippen LogP contribution in [0.25, 0.3) is 22.9 Å². The fraction of sp³-hybridized carbons (Fsp3) is 0.0385. The van der Waals surface area contributed by atoms with Crippen LogP contribution in [0.4, 0.5) is 5.69 Å². The van der Waals surface area contributed by atoms with E-state index in [9.17, 15) is 20.2 Å². The quantitative estimate of drug-likeness (QED) is 0.135. The minimum atomic E-state index is -0.454. The van der Waals surface area contributed by atoms with E-state index in [-0.39, 0.29) is 18.1 Å². The minimum Gasteiger partial charge on any atom is -0.485 e. The number of benzene rings is 3. The molecule has 0 fully saturated rings. The second-order valence-corrected chi connectivity index (χ2v) is 8.02. The molecule has 4 aromatic rings. The predicted octanol–water partition coefficient (Wildman–Crippen LogP) is 6.04. The Bertz CT molecular complexity index is 1390. The highest BCUT2D eigenvalue weighted by atomic mass is 32.1. The number of ether oxygens (including phenoxy) is 1. The van der Waals surface area contributed by atoms with E-state index in [2.05, 4.69) is 11.1 Å². The molecule has 0 unspecified atom stereocenters. The van der Waals surface area contributed by atoms with Gasteiger partial charge in [0.05, 0.1) is 16.2 Å². The van der Waals surface area contributed by atoms with Gasteiger partial charge in [-0.05, 0) is 35.9 Å². The topological polar surface area (TPSA) is 106 Å². The lowest BCUT2D eigenvalue weighted by molar-refractivity contribution is -0.384. The van der Waals surface area contributed by atoms with Gasteiger partial charge in [-0.1, -0.05) is 42.5 Å². The first-order chi connectivity index (χ1) is 16.5. The number of hydrogen-bond donors (Lipinski definition) is 0. The Balaban J connectivity index is 1.44. The van der Waals surface area contributed by atoms with Gasteiger partial charge in [-0.2, -0.15) is 5.26 Å². The molecule has 0 radical (unpaired) electrons. The molecule has 0 bridgehead atoms. The van der Waals surface area contributed by atoms with E-state index in [1.165, 1.54) is 23.5 Å². The lowest BCUT2D eigenvalue weighted by atomic mass is 10.1. The summed E-state index contributed by atoms with van der Waals surface area (Å²) in [7, 11) is 0. The van der Waals surface area contributed by atoms with Crippen molar-refractivity contribution in [1.29, 1.82) is 5.26 Å². The van der Waals surface area contributed by atoms with Gasteiger partial charge in [0.25, 0.3) is 5.69 Å². The number of allylic oxidation sites excluding steroid dienone is 1. The lowest BCUT2D eigenvalue weighted by Gasteiger charge is -2.06. The first-order valence-corrected chi connectivity index (χ1v) is 11.0. The molecule has 0 amide bonds. The van der Waals surface area contributed by atoms with Crippen LogP contribution in [0.2, 0.25) is 0 Å². The zero-order chi connectivity index (χ0) is 23.9. The number of nitro groups is 1. The second kappa shape index (κ2) is 10.3. The molecule has 1 aromatic heterocycles. The number of aromatic nitrogens is 1. The van der Waals surface area contributed by atoms with Crippen molar-refractivity contribution in [3.63, 3.8) is 0 Å². The molecule has 34 heavy (non-hydrogen) atoms. The van der Waals surface area contributed by atoms with E-state index in [0.29, 0.717) is 27.6 Å². The SMILES string of the molecule is N#C/C(=C\c1ccc(OCC(=O)c2ccccc2)cc1)c1nc(-c2ccc([N+](=O)[O-])cc2)cs1. The summed E-state index contributed by atoms with van der Waals surface area (Å²) in [5.74, 6) is 0.443. The first kappa shape index (κ1) is 22.6. The summed E-state index contributed by atoms with van der Waals surface area (Å²) in [5, 5.41) is 22.8. The number of nitro benzene ring substituents is 1. The van der Waals surface area contributed by atoms with Crippen LogP contribution in [0.1, 0.15) is 20.9 Å². The molecular formula is C26H17N3O4S. The molecule has 0 saturated heterocycles. The fourth-order valence-electron chi connectivity index (χ4n) is 3.11. The number of carbonyl (C=O) groups excluding carboxylic acids is 1. The van der Waals surface area contributed by atoms with E-state index in [1.807, 2.05) is 11.4 Å². The maximum Gasteiger partial charge on any atom is 0.269 e. The summed E-state index contributed by atoms with van der Waals surface area (Å²) < 4.78 is 5.58. The Morgan fingerprint density at radius 1 is 1.06 bits per heavy atom. The number of thiazole rings is 1. The molecule has 8 heteroatoms. The zero-order valence-electron chi connectivity index (χ0n) is 17.8. The van der Waals surface area contributed by atoms with E-state index in [1.54, 1.807) is 66.7 Å². The van der Waals surface area contributed by atoms with E-state index >= 15 is 0 Å². The highest BCUT2D eigenvalue weighted by Crippen LogP contribution is 2.28. The normalized spacial score (nSPS) is 11.0. The van der Waals surface area contributed by atoms with Gasteiger partial charge in [0, 0.05) is 28.6 Å². The van der Waals surface area contributed by atoms with Gasteiger partial charge >= 0.3 is 0 Å². The molecule has 0 aliphatic heterocycles. The van der Waals surface area contributed by atoms with Crippen molar-refractivity contribution in [2.24, 2.45) is 0 Å². The average Bonchev–Trinajstić information content (AvgIpc) is 3.37. The highest BCUT2D eigenvalue weighted by molar-refractivity contribution is 7.11. The van der Waals surface area contributed by atoms with Crippen LogP contribution in [0.15, 0.2) is 84.2 Å². The third kappa shape index (κ3) is 5.41. The average molecular weight is 468 g/mol. The van der Waals surface area contributed by atoms with Crippen LogP contribution in [0.3, 0.4) is 0 Å². The summed E-state index contributed by atoms with van der Waals surface area (Å²) in [4.78, 5) is 27.1. The molecule has 7 nitrogen and oxygen atoms in total. The van der Waals surface area contributed by atoms with Crippen molar-refractivity contribution >= 4 is 34.5 Å². The molecule has 0 aliphatic carbocycles. The van der Waals surface area contributed by atoms with Gasteiger partial charge in [0.2, 0.25) is 0 Å². The Labute approximate surface area is 199 Å². The smallest absolute Gasteiger partial charge is 0.269 e. The number of nitrogens with zero attached hydrogens (tertiary/aromatic N) is 3. The molecule has 0 aliphatic rings. The summed E-state index contributed by atoms with van der Waals surface area (Å²) in [6, 6.07) is 24.3. The second-order valence-electron chi connectivity index (χ2n) is 7.16. The number of non-ortho nitro benzene ring substituents is 1. The van der Waals surface area contributed by atoms with Crippen LogP contribution in [-0.2, 0) is 0 Å². The summed E-state index contributed by atoms with van der Waals surface area (Å²) in [6.07, 6.45) is 1.72. The molecule has 4 rings (SSSR count). The Hall–Kier alpha value is -4.61. The molecule has 0 saturated carbocycles. The fourth-order valence-corrected chi connectivity index (χ4v) is 3.90. The van der Waals surface area contributed by atoms with Crippen molar-refractivity contribution in [3.8, 4) is 23.1 Å². The van der Waals surface area contributed by atoms with Crippen molar-refractivity contribution in [2.45, 2.75) is 0 Å². The zero-order valence-corrected chi connectivity index (χ0v) is 18.6. The third-order valence-corrected chi connectivity index (χ3v) is 5.76. The first-order valence-electron chi connectivity index (χ1n) is 10.2. The molecule has 3 aromatic carbocycles. The van der Waals surface area contributed by atoms with Crippen molar-refractivity contribution in [1.82, 2.24) is 4.98 Å². The van der Waals surface area contributed by atoms with Crippen LogP contribution >= 0.6 is 11.3 Å². The van der Waals surface area contributed by atoms with E-state index < -0.39 is 4.92 Å². The van der Waals surface area contributed by atoms with Gasteiger partial charge in [-0.3, -0.25) is 14.9 Å². The monoisotopic (exact) mass is 467 g/mol. The Kier molecular flexibility index (Phi) is 6.87. The summed E-state index contributed by atoms with van der Waals surface area (Å²) in [6.45, 7) is -0.0623. The Morgan fingerprint density at radius 2 is 1.76 bits per heavy atom. The van der Waals surface area contributed by atoms with Crippen molar-refractivity contribution in [3.05, 3.63) is 110 Å². The number of Topliss-reactive ketones (excluding diaryl/α,β-unsaturated/α-hetero) is 1. The number of hydrogen-bond acceptors (Lipinski definition) is 7. The lowest BCUT2D eigenvalue weighted by Crippen LogP contribution is -2.11. The number of ketones is 1. The van der Waals surface area contributed by atoms with Gasteiger partial charge in [0.15, 0.2) is 12.4 Å². The van der Waals surface area contributed by atoms with Crippen molar-refractivity contribution < 1.29 is 14.5 Å². The molecule has 1 heterocycles. The van der Waals surface area contributed by atoms with Crippen LogP contribution in [0, 0.1) is 21.4 Å². The van der Waals surface area contributed by atoms with Gasteiger partial charge in [-0.15, -0.1) is 11.3 Å². The molecule has 0 atom stereocenters. The van der Waals surface area contributed by atoms with Gasteiger partial charge in [0.1, 0.15) is 16.8 Å². The van der Waals surface area contributed by atoms with Crippen LogP contribution in [0.5, 0.6) is 5.75 Å². The number of nitriles is 1. The van der Waals surface area contributed by atoms with E-state index in [4.69, 9.17) is 4.74 Å². The number of rotatable bonds is 8. The molecule has 0 spiro atoms. The maximum absolute atomic E-state index is 12.2. The minimum absolute atomic E-state index is 0.00803. The summed E-state index contributed by atoms with van der Waals surface area (Å²) >= 11 is 1.32.